The van der Waals surface area contributed by atoms with Crippen LogP contribution in [-0.4, -0.2) is 47.7 Å². The van der Waals surface area contributed by atoms with Crippen LogP contribution in [0, 0.1) is 0 Å². The minimum Gasteiger partial charge on any atom is -0.345 e. The van der Waals surface area contributed by atoms with Gasteiger partial charge in [0.25, 0.3) is 0 Å². The third-order valence-corrected chi connectivity index (χ3v) is 7.14. The lowest BCUT2D eigenvalue weighted by Gasteiger charge is -2.34. The number of aromatic nitrogens is 1. The first-order chi connectivity index (χ1) is 13.2. The van der Waals surface area contributed by atoms with Gasteiger partial charge >= 0.3 is 0 Å². The number of benzene rings is 2. The second-order valence-corrected chi connectivity index (χ2v) is 9.37. The number of nitrogens with zero attached hydrogens (tertiary/aromatic N) is 3. The quantitative estimate of drug-likeness (QED) is 0.554. The van der Waals surface area contributed by atoms with Gasteiger partial charge in [-0.05, 0) is 23.8 Å². The number of thioether (sulfide) groups is 1. The highest BCUT2D eigenvalue weighted by Crippen LogP contribution is 2.31. The zero-order valence-corrected chi connectivity index (χ0v) is 18.0. The summed E-state index contributed by atoms with van der Waals surface area (Å²) in [6.07, 6.45) is 0. The van der Waals surface area contributed by atoms with Gasteiger partial charge in [-0.15, -0.1) is 11.8 Å². The van der Waals surface area contributed by atoms with Crippen LogP contribution in [0.25, 0.3) is 10.2 Å². The normalized spacial score (nSPS) is 14.7. The Morgan fingerprint density at radius 1 is 1.11 bits per heavy atom. The Hall–Kier alpha value is -1.57. The summed E-state index contributed by atoms with van der Waals surface area (Å²) in [5.41, 5.74) is 2.30. The molecule has 1 amide bonds. The second kappa shape index (κ2) is 8.63. The molecule has 7 heteroatoms. The molecule has 0 aliphatic carbocycles. The first-order valence-corrected chi connectivity index (χ1v) is 11.7. The molecule has 0 saturated carbocycles. The Kier molecular flexibility index (Phi) is 6.00. The third kappa shape index (κ3) is 4.65. The largest absolute Gasteiger partial charge is 0.345 e. The van der Waals surface area contributed by atoms with E-state index in [1.54, 1.807) is 23.1 Å². The molecule has 0 unspecified atom stereocenters. The van der Waals surface area contributed by atoms with E-state index in [0.29, 0.717) is 5.75 Å². The van der Waals surface area contributed by atoms with Crippen LogP contribution in [0.2, 0.25) is 0 Å². The summed E-state index contributed by atoms with van der Waals surface area (Å²) < 4.78 is 2.27. The van der Waals surface area contributed by atoms with Gasteiger partial charge in [0.05, 0.1) is 16.0 Å². The maximum absolute atomic E-state index is 12.5. The molecule has 0 spiro atoms. The molecule has 1 fully saturated rings. The summed E-state index contributed by atoms with van der Waals surface area (Å²) in [6, 6.07) is 16.5. The van der Waals surface area contributed by atoms with Crippen molar-refractivity contribution in [2.45, 2.75) is 5.75 Å². The molecule has 3 aromatic rings. The predicted octanol–water partition coefficient (Wildman–Crippen LogP) is 4.64. The maximum atomic E-state index is 12.5. The van der Waals surface area contributed by atoms with Crippen molar-refractivity contribution in [3.8, 4) is 0 Å². The highest BCUT2D eigenvalue weighted by molar-refractivity contribution is 9.10. The Balaban J connectivity index is 1.28. The van der Waals surface area contributed by atoms with Crippen LogP contribution in [0.1, 0.15) is 5.56 Å². The van der Waals surface area contributed by atoms with Gasteiger partial charge in [0, 0.05) is 36.4 Å². The molecule has 1 saturated heterocycles. The first kappa shape index (κ1) is 18.8. The number of fused-ring (bicyclic) bond motifs is 1. The summed E-state index contributed by atoms with van der Waals surface area (Å²) >= 11 is 6.92. The molecule has 0 radical (unpaired) electrons. The van der Waals surface area contributed by atoms with E-state index >= 15 is 0 Å². The minimum absolute atomic E-state index is 0.240. The van der Waals surface area contributed by atoms with Crippen molar-refractivity contribution < 1.29 is 4.79 Å². The van der Waals surface area contributed by atoms with Crippen LogP contribution < -0.4 is 4.90 Å². The van der Waals surface area contributed by atoms with E-state index in [4.69, 9.17) is 4.98 Å². The van der Waals surface area contributed by atoms with Gasteiger partial charge < -0.3 is 9.80 Å². The number of halogens is 1. The number of hydrogen-bond acceptors (Lipinski definition) is 5. The van der Waals surface area contributed by atoms with Crippen molar-refractivity contribution in [1.82, 2.24) is 9.88 Å². The van der Waals surface area contributed by atoms with Crippen molar-refractivity contribution in [2.75, 3.05) is 36.8 Å². The Labute approximate surface area is 175 Å². The predicted molar refractivity (Wildman–Crippen MR) is 119 cm³/mol. The van der Waals surface area contributed by atoms with Crippen LogP contribution in [0.15, 0.2) is 53.0 Å². The fourth-order valence-electron chi connectivity index (χ4n) is 3.09. The lowest BCUT2D eigenvalue weighted by Crippen LogP contribution is -2.49. The fraction of sp³-hybridized carbons (Fsp3) is 0.300. The highest BCUT2D eigenvalue weighted by atomic mass is 79.9. The summed E-state index contributed by atoms with van der Waals surface area (Å²) in [5, 5.41) is 1.05. The number of piperazine rings is 1. The molecule has 1 aliphatic rings. The zero-order valence-electron chi connectivity index (χ0n) is 14.8. The van der Waals surface area contributed by atoms with Gasteiger partial charge in [-0.2, -0.15) is 0 Å². The standard InChI is InChI=1S/C20H20BrN3OS2/c21-16-6-7-17-18(12-16)27-20(22-17)24-10-8-23(9-11-24)19(25)14-26-13-15-4-2-1-3-5-15/h1-7,12H,8-11,13-14H2. The highest BCUT2D eigenvalue weighted by Gasteiger charge is 2.23. The SMILES string of the molecule is O=C(CSCc1ccccc1)N1CCN(c2nc3ccc(Br)cc3s2)CC1. The first-order valence-electron chi connectivity index (χ1n) is 8.89. The summed E-state index contributed by atoms with van der Waals surface area (Å²) in [5.74, 6) is 1.67. The number of rotatable bonds is 5. The van der Waals surface area contributed by atoms with E-state index in [1.807, 2.05) is 35.2 Å². The van der Waals surface area contributed by atoms with Gasteiger partial charge in [0.15, 0.2) is 5.13 Å². The van der Waals surface area contributed by atoms with E-state index in [1.165, 1.54) is 10.3 Å². The summed E-state index contributed by atoms with van der Waals surface area (Å²) in [6.45, 7) is 3.22. The van der Waals surface area contributed by atoms with Gasteiger partial charge in [0.2, 0.25) is 5.91 Å². The van der Waals surface area contributed by atoms with E-state index in [9.17, 15) is 4.79 Å². The molecule has 0 N–H and O–H groups in total. The van der Waals surface area contributed by atoms with Crippen molar-refractivity contribution in [3.05, 3.63) is 58.6 Å². The van der Waals surface area contributed by atoms with Gasteiger partial charge in [0.1, 0.15) is 0 Å². The van der Waals surface area contributed by atoms with Gasteiger partial charge in [-0.3, -0.25) is 4.79 Å². The molecular weight excluding hydrogens is 442 g/mol. The molecule has 27 heavy (non-hydrogen) atoms. The van der Waals surface area contributed by atoms with Crippen molar-refractivity contribution in [2.24, 2.45) is 0 Å². The number of hydrogen-bond donors (Lipinski definition) is 0. The molecular formula is C20H20BrN3OS2. The Morgan fingerprint density at radius 3 is 2.67 bits per heavy atom. The lowest BCUT2D eigenvalue weighted by atomic mass is 10.2. The fourth-order valence-corrected chi connectivity index (χ4v) is 5.55. The Bertz CT molecular complexity index is 923. The van der Waals surface area contributed by atoms with Crippen LogP contribution in [0.5, 0.6) is 0 Å². The number of amides is 1. The number of thiazole rings is 1. The van der Waals surface area contributed by atoms with Crippen LogP contribution in [-0.2, 0) is 10.5 Å². The molecule has 2 heterocycles. The van der Waals surface area contributed by atoms with E-state index in [0.717, 1.165) is 47.1 Å². The average molecular weight is 462 g/mol. The van der Waals surface area contributed by atoms with Crippen LogP contribution >= 0.6 is 39.0 Å². The van der Waals surface area contributed by atoms with Crippen molar-refractivity contribution >= 4 is 60.3 Å². The molecule has 1 aliphatic heterocycles. The van der Waals surface area contributed by atoms with Crippen LogP contribution in [0.4, 0.5) is 5.13 Å². The third-order valence-electron chi connectivity index (χ3n) is 4.58. The van der Waals surface area contributed by atoms with Crippen molar-refractivity contribution in [1.29, 1.82) is 0 Å². The van der Waals surface area contributed by atoms with Crippen LogP contribution in [0.3, 0.4) is 0 Å². The topological polar surface area (TPSA) is 36.4 Å². The number of anilines is 1. The zero-order chi connectivity index (χ0) is 18.6. The van der Waals surface area contributed by atoms with Gasteiger partial charge in [-0.25, -0.2) is 4.98 Å². The van der Waals surface area contributed by atoms with Crippen molar-refractivity contribution in [3.63, 3.8) is 0 Å². The number of carbonyl (C=O) groups excluding carboxylic acids is 1. The van der Waals surface area contributed by atoms with E-state index in [-0.39, 0.29) is 5.91 Å². The minimum atomic E-state index is 0.240. The summed E-state index contributed by atoms with van der Waals surface area (Å²) in [7, 11) is 0. The molecule has 4 nitrogen and oxygen atoms in total. The molecule has 2 aromatic carbocycles. The molecule has 1 aromatic heterocycles. The van der Waals surface area contributed by atoms with E-state index < -0.39 is 0 Å². The van der Waals surface area contributed by atoms with E-state index in [2.05, 4.69) is 39.0 Å². The maximum Gasteiger partial charge on any atom is 0.232 e. The summed E-state index contributed by atoms with van der Waals surface area (Å²) in [4.78, 5) is 21.5. The Morgan fingerprint density at radius 2 is 1.89 bits per heavy atom. The lowest BCUT2D eigenvalue weighted by molar-refractivity contribution is -0.128. The second-order valence-electron chi connectivity index (χ2n) is 6.45. The van der Waals surface area contributed by atoms with Gasteiger partial charge in [-0.1, -0.05) is 57.6 Å². The molecule has 0 bridgehead atoms. The number of carbonyl (C=O) groups is 1. The molecule has 140 valence electrons. The molecule has 4 rings (SSSR count). The smallest absolute Gasteiger partial charge is 0.232 e. The average Bonchev–Trinajstić information content (AvgIpc) is 3.12. The molecule has 0 atom stereocenters. The monoisotopic (exact) mass is 461 g/mol.